The van der Waals surface area contributed by atoms with Crippen LogP contribution in [0, 0.1) is 11.9 Å². The topological polar surface area (TPSA) is 36.4 Å². The Balaban J connectivity index is 1.50. The fourth-order valence-corrected chi connectivity index (χ4v) is 3.33. The zero-order chi connectivity index (χ0) is 14.7. The van der Waals surface area contributed by atoms with E-state index in [9.17, 15) is 9.18 Å². The molecule has 3 heterocycles. The average molecular weight is 291 g/mol. The molecule has 0 aliphatic carbocycles. The van der Waals surface area contributed by atoms with Gasteiger partial charge in [-0.3, -0.25) is 4.79 Å². The summed E-state index contributed by atoms with van der Waals surface area (Å²) in [7, 11) is 0. The largest absolute Gasteiger partial charge is 0.339 e. The number of carbonyl (C=O) groups excluding carboxylic acids is 1. The van der Waals surface area contributed by atoms with Crippen LogP contribution in [0.3, 0.4) is 0 Å². The van der Waals surface area contributed by atoms with Crippen molar-refractivity contribution in [3.05, 3.63) is 29.8 Å². The van der Waals surface area contributed by atoms with Crippen LogP contribution in [0.15, 0.2) is 18.3 Å². The molecule has 4 nitrogen and oxygen atoms in total. The Morgan fingerprint density at radius 2 is 1.90 bits per heavy atom. The third-order valence-electron chi connectivity index (χ3n) is 4.59. The first kappa shape index (κ1) is 14.4. The zero-order valence-electron chi connectivity index (χ0n) is 12.3. The van der Waals surface area contributed by atoms with Gasteiger partial charge in [0.25, 0.3) is 5.91 Å². The van der Waals surface area contributed by atoms with E-state index >= 15 is 0 Å². The first-order valence-corrected chi connectivity index (χ1v) is 7.85. The van der Waals surface area contributed by atoms with Gasteiger partial charge in [0.15, 0.2) is 0 Å². The van der Waals surface area contributed by atoms with Crippen molar-refractivity contribution in [1.29, 1.82) is 0 Å². The van der Waals surface area contributed by atoms with E-state index in [0.717, 1.165) is 25.9 Å². The summed E-state index contributed by atoms with van der Waals surface area (Å²) < 4.78 is 12.8. The summed E-state index contributed by atoms with van der Waals surface area (Å²) in [5.74, 6) is 0.136. The SMILES string of the molecule is O=C(c1ccc(F)nc1)N1CCC(CN2CCCC2)CC1. The zero-order valence-corrected chi connectivity index (χ0v) is 12.3. The van der Waals surface area contributed by atoms with Crippen LogP contribution < -0.4 is 0 Å². The molecule has 0 bridgehead atoms. The Labute approximate surface area is 125 Å². The normalized spacial score (nSPS) is 20.9. The lowest BCUT2D eigenvalue weighted by Crippen LogP contribution is -2.41. The Hall–Kier alpha value is -1.49. The van der Waals surface area contributed by atoms with Crippen LogP contribution in [-0.4, -0.2) is 53.4 Å². The first-order valence-electron chi connectivity index (χ1n) is 7.85. The maximum atomic E-state index is 12.8. The lowest BCUT2D eigenvalue weighted by atomic mass is 9.96. The fraction of sp³-hybridized carbons (Fsp3) is 0.625. The second-order valence-electron chi connectivity index (χ2n) is 6.11. The quantitative estimate of drug-likeness (QED) is 0.801. The maximum Gasteiger partial charge on any atom is 0.255 e. The summed E-state index contributed by atoms with van der Waals surface area (Å²) in [5, 5.41) is 0. The highest BCUT2D eigenvalue weighted by Gasteiger charge is 2.25. The van der Waals surface area contributed by atoms with Crippen LogP contribution in [0.2, 0.25) is 0 Å². The first-order chi connectivity index (χ1) is 10.2. The van der Waals surface area contributed by atoms with Crippen LogP contribution >= 0.6 is 0 Å². The minimum atomic E-state index is -0.545. The number of nitrogens with zero attached hydrogens (tertiary/aromatic N) is 3. The fourth-order valence-electron chi connectivity index (χ4n) is 3.33. The monoisotopic (exact) mass is 291 g/mol. The second-order valence-corrected chi connectivity index (χ2v) is 6.11. The second kappa shape index (κ2) is 6.52. The molecule has 0 N–H and O–H groups in total. The number of likely N-dealkylation sites (tertiary alicyclic amines) is 2. The molecule has 0 saturated carbocycles. The van der Waals surface area contributed by atoms with E-state index in [2.05, 4.69) is 9.88 Å². The Bertz CT molecular complexity index is 477. The molecular formula is C16H22FN3O. The minimum absolute atomic E-state index is 0.0258. The van der Waals surface area contributed by atoms with Crippen molar-refractivity contribution in [1.82, 2.24) is 14.8 Å². The van der Waals surface area contributed by atoms with Crippen molar-refractivity contribution in [2.24, 2.45) is 5.92 Å². The van der Waals surface area contributed by atoms with Crippen molar-refractivity contribution in [3.63, 3.8) is 0 Å². The molecule has 3 rings (SSSR count). The number of pyridine rings is 1. The van der Waals surface area contributed by atoms with Gasteiger partial charge in [0, 0.05) is 25.8 Å². The van der Waals surface area contributed by atoms with Crippen molar-refractivity contribution < 1.29 is 9.18 Å². The maximum absolute atomic E-state index is 12.8. The van der Waals surface area contributed by atoms with E-state index in [1.807, 2.05) is 4.90 Å². The molecule has 114 valence electrons. The van der Waals surface area contributed by atoms with Crippen molar-refractivity contribution >= 4 is 5.91 Å². The number of hydrogen-bond donors (Lipinski definition) is 0. The molecule has 2 aliphatic rings. The predicted molar refractivity (Wildman–Crippen MR) is 78.5 cm³/mol. The van der Waals surface area contributed by atoms with Gasteiger partial charge < -0.3 is 9.80 Å². The van der Waals surface area contributed by atoms with Crippen LogP contribution in [0.4, 0.5) is 4.39 Å². The molecule has 0 atom stereocenters. The molecule has 1 amide bonds. The number of hydrogen-bond acceptors (Lipinski definition) is 3. The van der Waals surface area contributed by atoms with Gasteiger partial charge in [-0.25, -0.2) is 4.98 Å². The molecule has 2 aliphatic heterocycles. The van der Waals surface area contributed by atoms with Gasteiger partial charge in [0.05, 0.1) is 5.56 Å². The van der Waals surface area contributed by atoms with Gasteiger partial charge in [-0.2, -0.15) is 4.39 Å². The highest BCUT2D eigenvalue weighted by Crippen LogP contribution is 2.21. The molecule has 0 unspecified atom stereocenters. The van der Waals surface area contributed by atoms with Gasteiger partial charge in [-0.05, 0) is 56.8 Å². The van der Waals surface area contributed by atoms with Gasteiger partial charge in [-0.15, -0.1) is 0 Å². The Kier molecular flexibility index (Phi) is 4.48. The standard InChI is InChI=1S/C16H22FN3O/c17-15-4-3-14(11-18-15)16(21)20-9-5-13(6-10-20)12-19-7-1-2-8-19/h3-4,11,13H,1-2,5-10,12H2. The minimum Gasteiger partial charge on any atom is -0.339 e. The molecule has 5 heteroatoms. The number of piperidine rings is 1. The average Bonchev–Trinajstić information content (AvgIpc) is 3.01. The third kappa shape index (κ3) is 3.59. The van der Waals surface area contributed by atoms with E-state index in [1.165, 1.54) is 50.8 Å². The van der Waals surface area contributed by atoms with Crippen molar-refractivity contribution in [2.45, 2.75) is 25.7 Å². The highest BCUT2D eigenvalue weighted by molar-refractivity contribution is 5.93. The molecule has 0 radical (unpaired) electrons. The highest BCUT2D eigenvalue weighted by atomic mass is 19.1. The van der Waals surface area contributed by atoms with Crippen LogP contribution in [0.1, 0.15) is 36.0 Å². The lowest BCUT2D eigenvalue weighted by Gasteiger charge is -2.33. The van der Waals surface area contributed by atoms with Crippen LogP contribution in [-0.2, 0) is 0 Å². The smallest absolute Gasteiger partial charge is 0.255 e. The summed E-state index contributed by atoms with van der Waals surface area (Å²) in [6.45, 7) is 5.25. The summed E-state index contributed by atoms with van der Waals surface area (Å²) in [6, 6.07) is 2.76. The molecular weight excluding hydrogens is 269 g/mol. The van der Waals surface area contributed by atoms with Gasteiger partial charge >= 0.3 is 0 Å². The van der Waals surface area contributed by atoms with Crippen molar-refractivity contribution in [3.8, 4) is 0 Å². The van der Waals surface area contributed by atoms with E-state index in [4.69, 9.17) is 0 Å². The van der Waals surface area contributed by atoms with Gasteiger partial charge in [0.2, 0.25) is 5.95 Å². The molecule has 0 spiro atoms. The Morgan fingerprint density at radius 1 is 1.19 bits per heavy atom. The summed E-state index contributed by atoms with van der Waals surface area (Å²) in [6.07, 6.45) is 6.12. The molecule has 2 saturated heterocycles. The van der Waals surface area contributed by atoms with Crippen LogP contribution in [0.5, 0.6) is 0 Å². The summed E-state index contributed by atoms with van der Waals surface area (Å²) in [5.41, 5.74) is 0.481. The van der Waals surface area contributed by atoms with E-state index < -0.39 is 5.95 Å². The number of carbonyl (C=O) groups is 1. The number of aromatic nitrogens is 1. The molecule has 1 aromatic heterocycles. The predicted octanol–water partition coefficient (Wildman–Crippen LogP) is 2.17. The third-order valence-corrected chi connectivity index (χ3v) is 4.59. The molecule has 0 aromatic carbocycles. The van der Waals surface area contributed by atoms with Gasteiger partial charge in [-0.1, -0.05) is 0 Å². The number of rotatable bonds is 3. The van der Waals surface area contributed by atoms with Crippen molar-refractivity contribution in [2.75, 3.05) is 32.7 Å². The number of halogens is 1. The van der Waals surface area contributed by atoms with E-state index in [-0.39, 0.29) is 5.91 Å². The molecule has 21 heavy (non-hydrogen) atoms. The van der Waals surface area contributed by atoms with E-state index in [1.54, 1.807) is 0 Å². The summed E-state index contributed by atoms with van der Waals surface area (Å²) >= 11 is 0. The van der Waals surface area contributed by atoms with E-state index in [0.29, 0.717) is 11.5 Å². The van der Waals surface area contributed by atoms with Gasteiger partial charge in [0.1, 0.15) is 0 Å². The molecule has 1 aromatic rings. The Morgan fingerprint density at radius 3 is 2.52 bits per heavy atom. The number of amides is 1. The van der Waals surface area contributed by atoms with Crippen LogP contribution in [0.25, 0.3) is 0 Å². The lowest BCUT2D eigenvalue weighted by molar-refractivity contribution is 0.0672. The molecule has 2 fully saturated rings. The summed E-state index contributed by atoms with van der Waals surface area (Å²) in [4.78, 5) is 20.3.